The van der Waals surface area contributed by atoms with Crippen LogP contribution in [0, 0.1) is 52.8 Å². The molecule has 0 amide bonds. The number of aliphatic hydroxyl groups is 1. The van der Waals surface area contributed by atoms with Crippen LogP contribution in [0.4, 0.5) is 0 Å². The first-order valence-corrected chi connectivity index (χ1v) is 16.4. The van der Waals surface area contributed by atoms with Crippen LogP contribution in [0.1, 0.15) is 164 Å². The van der Waals surface area contributed by atoms with Gasteiger partial charge >= 0.3 is 0 Å². The van der Waals surface area contributed by atoms with E-state index in [9.17, 15) is 5.11 Å². The van der Waals surface area contributed by atoms with Crippen LogP contribution in [0.3, 0.4) is 0 Å². The normalized spacial score (nSPS) is 27.4. The van der Waals surface area contributed by atoms with Crippen LogP contribution in [0.15, 0.2) is 0 Å². The predicted molar refractivity (Wildman–Crippen MR) is 159 cm³/mol. The first-order chi connectivity index (χ1) is 17.3. The standard InChI is InChI=1S/C35H64O/c1-8-16-29(10-3)26-28(6)35(24-9-2,25-23-30-17-14-13-15-18-30)33(34(7,11-4)12-5)27-31-19-21-32(36)22-20-31/h4,28-33,36H,8-10,12-27H2,1-3,5-7H3. The molecule has 2 fully saturated rings. The van der Waals surface area contributed by atoms with Gasteiger partial charge in [0, 0.05) is 5.41 Å². The Labute approximate surface area is 227 Å². The van der Waals surface area contributed by atoms with Gasteiger partial charge in [-0.3, -0.25) is 0 Å². The maximum Gasteiger partial charge on any atom is 0.0540 e. The zero-order chi connectivity index (χ0) is 26.6. The summed E-state index contributed by atoms with van der Waals surface area (Å²) in [5.41, 5.74) is 0.291. The number of terminal acetylenes is 1. The summed E-state index contributed by atoms with van der Waals surface area (Å²) in [6.07, 6.45) is 31.1. The van der Waals surface area contributed by atoms with Crippen molar-refractivity contribution in [3.8, 4) is 12.3 Å². The number of hydrogen-bond acceptors (Lipinski definition) is 1. The van der Waals surface area contributed by atoms with E-state index >= 15 is 0 Å². The molecule has 5 unspecified atom stereocenters. The molecule has 0 aromatic carbocycles. The Hall–Kier alpha value is -0.480. The molecule has 1 nitrogen and oxygen atoms in total. The van der Waals surface area contributed by atoms with Crippen molar-refractivity contribution in [1.29, 1.82) is 0 Å². The van der Waals surface area contributed by atoms with Gasteiger partial charge in [-0.2, -0.15) is 0 Å². The molecule has 0 aromatic rings. The molecule has 2 aliphatic rings. The summed E-state index contributed by atoms with van der Waals surface area (Å²) >= 11 is 0. The molecule has 2 aliphatic carbocycles. The Kier molecular flexibility index (Phi) is 13.9. The topological polar surface area (TPSA) is 20.2 Å². The number of hydrogen-bond donors (Lipinski definition) is 1. The van der Waals surface area contributed by atoms with Crippen LogP contribution >= 0.6 is 0 Å². The summed E-state index contributed by atoms with van der Waals surface area (Å²) < 4.78 is 0. The lowest BCUT2D eigenvalue weighted by atomic mass is 9.50. The minimum absolute atomic E-state index is 0.0431. The molecule has 2 rings (SSSR count). The Morgan fingerprint density at radius 2 is 1.56 bits per heavy atom. The van der Waals surface area contributed by atoms with E-state index < -0.39 is 0 Å². The van der Waals surface area contributed by atoms with Crippen LogP contribution in [0.5, 0.6) is 0 Å². The molecule has 36 heavy (non-hydrogen) atoms. The fraction of sp³-hybridized carbons (Fsp3) is 0.943. The van der Waals surface area contributed by atoms with Gasteiger partial charge < -0.3 is 5.11 Å². The molecule has 1 N–H and O–H groups in total. The van der Waals surface area contributed by atoms with Gasteiger partial charge in [0.05, 0.1) is 6.10 Å². The third-order valence-corrected chi connectivity index (χ3v) is 11.3. The first kappa shape index (κ1) is 31.7. The Morgan fingerprint density at radius 3 is 2.08 bits per heavy atom. The molecule has 0 aliphatic heterocycles. The Balaban J connectivity index is 2.48. The van der Waals surface area contributed by atoms with E-state index in [4.69, 9.17) is 6.42 Å². The van der Waals surface area contributed by atoms with Gasteiger partial charge in [-0.15, -0.1) is 6.42 Å². The summed E-state index contributed by atoms with van der Waals surface area (Å²) in [6, 6.07) is 0. The van der Waals surface area contributed by atoms with E-state index in [0.29, 0.717) is 11.3 Å². The highest BCUT2D eigenvalue weighted by atomic mass is 16.3. The van der Waals surface area contributed by atoms with E-state index in [2.05, 4.69) is 47.5 Å². The average molecular weight is 501 g/mol. The van der Waals surface area contributed by atoms with Crippen LogP contribution in [0.25, 0.3) is 0 Å². The second kappa shape index (κ2) is 15.8. The monoisotopic (exact) mass is 500 g/mol. The van der Waals surface area contributed by atoms with Crippen molar-refractivity contribution < 1.29 is 5.11 Å². The second-order valence-corrected chi connectivity index (χ2v) is 13.6. The zero-order valence-corrected chi connectivity index (χ0v) is 25.4. The third kappa shape index (κ3) is 8.52. The minimum Gasteiger partial charge on any atom is -0.393 e. The summed E-state index contributed by atoms with van der Waals surface area (Å²) in [6.45, 7) is 14.6. The number of rotatable bonds is 16. The summed E-state index contributed by atoms with van der Waals surface area (Å²) in [7, 11) is 0. The van der Waals surface area contributed by atoms with Crippen molar-refractivity contribution in [2.75, 3.05) is 0 Å². The third-order valence-electron chi connectivity index (χ3n) is 11.3. The van der Waals surface area contributed by atoms with Crippen molar-refractivity contribution in [3.63, 3.8) is 0 Å². The first-order valence-electron chi connectivity index (χ1n) is 16.4. The fourth-order valence-corrected chi connectivity index (χ4v) is 8.65. The van der Waals surface area contributed by atoms with Crippen LogP contribution in [0.2, 0.25) is 0 Å². The molecule has 0 saturated heterocycles. The van der Waals surface area contributed by atoms with E-state index in [1.54, 1.807) is 0 Å². The van der Waals surface area contributed by atoms with Crippen molar-refractivity contribution >= 4 is 0 Å². The van der Waals surface area contributed by atoms with Crippen molar-refractivity contribution in [2.24, 2.45) is 40.4 Å². The molecule has 2 saturated carbocycles. The lowest BCUT2D eigenvalue weighted by Crippen LogP contribution is -2.47. The maximum absolute atomic E-state index is 10.2. The van der Waals surface area contributed by atoms with E-state index in [1.165, 1.54) is 103 Å². The molecule has 0 spiro atoms. The molecule has 210 valence electrons. The largest absolute Gasteiger partial charge is 0.393 e. The van der Waals surface area contributed by atoms with Crippen molar-refractivity contribution in [3.05, 3.63) is 0 Å². The Morgan fingerprint density at radius 1 is 0.889 bits per heavy atom. The van der Waals surface area contributed by atoms with E-state index in [0.717, 1.165) is 42.9 Å². The van der Waals surface area contributed by atoms with Gasteiger partial charge in [0.2, 0.25) is 0 Å². The summed E-state index contributed by atoms with van der Waals surface area (Å²) in [5.74, 6) is 7.24. The minimum atomic E-state index is -0.0742. The van der Waals surface area contributed by atoms with Crippen molar-refractivity contribution in [2.45, 2.75) is 170 Å². The number of aliphatic hydroxyl groups excluding tert-OH is 1. The summed E-state index contributed by atoms with van der Waals surface area (Å²) in [5, 5.41) is 10.2. The molecule has 0 aromatic heterocycles. The van der Waals surface area contributed by atoms with E-state index in [-0.39, 0.29) is 11.5 Å². The van der Waals surface area contributed by atoms with Crippen molar-refractivity contribution in [1.82, 2.24) is 0 Å². The van der Waals surface area contributed by atoms with Gasteiger partial charge in [-0.05, 0) is 106 Å². The van der Waals surface area contributed by atoms with Crippen LogP contribution < -0.4 is 0 Å². The van der Waals surface area contributed by atoms with Gasteiger partial charge in [-0.25, -0.2) is 0 Å². The van der Waals surface area contributed by atoms with Gasteiger partial charge in [0.1, 0.15) is 0 Å². The molecule has 0 heterocycles. The highest BCUT2D eigenvalue weighted by Gasteiger charge is 2.50. The molecule has 0 bridgehead atoms. The van der Waals surface area contributed by atoms with E-state index in [1.807, 2.05) is 0 Å². The molecule has 0 radical (unpaired) electrons. The van der Waals surface area contributed by atoms with Gasteiger partial charge in [0.15, 0.2) is 0 Å². The molecule has 1 heteroatoms. The smallest absolute Gasteiger partial charge is 0.0540 e. The van der Waals surface area contributed by atoms with Crippen LogP contribution in [-0.2, 0) is 0 Å². The highest BCUT2D eigenvalue weighted by Crippen LogP contribution is 2.58. The highest BCUT2D eigenvalue weighted by molar-refractivity contribution is 5.11. The fourth-order valence-electron chi connectivity index (χ4n) is 8.65. The lowest BCUT2D eigenvalue weighted by Gasteiger charge is -2.54. The SMILES string of the molecule is C#CC(C)(CC)C(CC1CCC(O)CC1)C(CCC)(CCC1CCCCC1)C(C)CC(CC)CCC. The lowest BCUT2D eigenvalue weighted by molar-refractivity contribution is -0.0385. The Bertz CT molecular complexity index is 619. The maximum atomic E-state index is 10.2. The molecular weight excluding hydrogens is 436 g/mol. The zero-order valence-electron chi connectivity index (χ0n) is 25.4. The van der Waals surface area contributed by atoms with Gasteiger partial charge in [0.25, 0.3) is 0 Å². The second-order valence-electron chi connectivity index (χ2n) is 13.6. The van der Waals surface area contributed by atoms with Gasteiger partial charge in [-0.1, -0.05) is 98.3 Å². The van der Waals surface area contributed by atoms with Crippen LogP contribution in [-0.4, -0.2) is 11.2 Å². The summed E-state index contributed by atoms with van der Waals surface area (Å²) in [4.78, 5) is 0. The molecular formula is C35H64O. The molecule has 5 atom stereocenters. The quantitative estimate of drug-likeness (QED) is 0.209. The average Bonchev–Trinajstić information content (AvgIpc) is 2.90. The predicted octanol–water partition coefficient (Wildman–Crippen LogP) is 10.6.